The monoisotopic (exact) mass is 423 g/mol. The first-order valence-electron chi connectivity index (χ1n) is 9.44. The van der Waals surface area contributed by atoms with Gasteiger partial charge in [0.2, 0.25) is 5.91 Å². The van der Waals surface area contributed by atoms with E-state index in [-0.39, 0.29) is 18.0 Å². The average Bonchev–Trinajstić information content (AvgIpc) is 3.33. The molecule has 1 fully saturated rings. The van der Waals surface area contributed by atoms with Gasteiger partial charge in [-0.25, -0.2) is 13.8 Å². The van der Waals surface area contributed by atoms with Crippen LogP contribution in [0.4, 0.5) is 14.6 Å². The zero-order valence-electron chi connectivity index (χ0n) is 16.5. The van der Waals surface area contributed by atoms with Crippen molar-refractivity contribution in [1.82, 2.24) is 10.3 Å². The molecule has 1 atom stereocenters. The molecule has 3 N–H and O–H groups in total. The van der Waals surface area contributed by atoms with E-state index in [0.29, 0.717) is 35.4 Å². The highest BCUT2D eigenvalue weighted by molar-refractivity contribution is 6.30. The largest absolute Gasteiger partial charge is 0.385 e. The molecule has 1 saturated carbocycles. The molecule has 156 valence electrons. The summed E-state index contributed by atoms with van der Waals surface area (Å²) in [5.41, 5.74) is -1.95. The van der Waals surface area contributed by atoms with E-state index in [1.54, 1.807) is 12.1 Å². The first kappa shape index (κ1) is 21.5. The van der Waals surface area contributed by atoms with Gasteiger partial charge in [-0.1, -0.05) is 17.7 Å². The maximum atomic E-state index is 14.0. The number of anilines is 1. The van der Waals surface area contributed by atoms with Crippen LogP contribution in [0.1, 0.15) is 51.3 Å². The zero-order chi connectivity index (χ0) is 21.4. The van der Waals surface area contributed by atoms with Crippen LogP contribution in [0.25, 0.3) is 0 Å². The van der Waals surface area contributed by atoms with Crippen molar-refractivity contribution in [3.8, 4) is 0 Å². The van der Waals surface area contributed by atoms with E-state index in [4.69, 9.17) is 11.6 Å². The number of hydrogen-bond donors (Lipinski definition) is 3. The van der Waals surface area contributed by atoms with E-state index in [1.165, 1.54) is 6.92 Å². The molecule has 1 aliphatic rings. The smallest absolute Gasteiger partial charge is 0.223 e. The number of carbonyl (C=O) groups excluding carboxylic acids is 1. The van der Waals surface area contributed by atoms with Crippen LogP contribution in [0.15, 0.2) is 30.3 Å². The lowest BCUT2D eigenvalue weighted by Crippen LogP contribution is -2.39. The Labute approximate surface area is 173 Å². The van der Waals surface area contributed by atoms with Crippen LogP contribution in [-0.4, -0.2) is 22.0 Å². The first-order chi connectivity index (χ1) is 13.5. The van der Waals surface area contributed by atoms with Gasteiger partial charge in [0.1, 0.15) is 17.5 Å². The highest BCUT2D eigenvalue weighted by atomic mass is 35.5. The predicted octanol–water partition coefficient (Wildman–Crippen LogP) is 4.24. The second-order valence-corrected chi connectivity index (χ2v) is 8.50. The van der Waals surface area contributed by atoms with E-state index in [9.17, 15) is 18.7 Å². The quantitative estimate of drug-likeness (QED) is 0.622. The van der Waals surface area contributed by atoms with Crippen molar-refractivity contribution in [2.45, 2.75) is 57.2 Å². The molecule has 3 rings (SSSR count). The number of nitrogens with one attached hydrogen (secondary N) is 2. The molecule has 1 aromatic heterocycles. The SMILES string of the molecule is CC(C)Nc1cc(Cl)cc(C2(NC(=O)C[C@](C)(O)c3ccc(F)cc3F)CC2)n1. The third-order valence-corrected chi connectivity index (χ3v) is 5.08. The molecule has 0 bridgehead atoms. The standard InChI is InChI=1S/C21H24ClF2N3O2/c1-12(2)25-18-9-13(22)8-17(26-18)21(6-7-21)27-19(28)11-20(3,29)15-5-4-14(23)10-16(15)24/h4-5,8-10,12,29H,6-7,11H2,1-3H3,(H,25,26)(H,27,28)/t20-/m0/s1. The molecule has 5 nitrogen and oxygen atoms in total. The minimum absolute atomic E-state index is 0.136. The van der Waals surface area contributed by atoms with Gasteiger partial charge in [-0.3, -0.25) is 4.79 Å². The molecule has 2 aromatic rings. The van der Waals surface area contributed by atoms with E-state index < -0.39 is 28.7 Å². The number of amides is 1. The summed E-state index contributed by atoms with van der Waals surface area (Å²) in [6.45, 7) is 5.28. The van der Waals surface area contributed by atoms with Crippen molar-refractivity contribution in [3.63, 3.8) is 0 Å². The van der Waals surface area contributed by atoms with Crippen molar-refractivity contribution >= 4 is 23.3 Å². The maximum absolute atomic E-state index is 14.0. The minimum atomic E-state index is -1.79. The number of pyridine rings is 1. The van der Waals surface area contributed by atoms with Gasteiger partial charge in [0, 0.05) is 22.7 Å². The highest BCUT2D eigenvalue weighted by Gasteiger charge is 2.48. The summed E-state index contributed by atoms with van der Waals surface area (Å²) in [5, 5.41) is 17.2. The Balaban J connectivity index is 1.76. The number of nitrogens with zero attached hydrogens (tertiary/aromatic N) is 1. The Kier molecular flexibility index (Phi) is 5.83. The molecule has 1 aliphatic carbocycles. The molecule has 0 spiro atoms. The highest BCUT2D eigenvalue weighted by Crippen LogP contribution is 2.46. The molecule has 29 heavy (non-hydrogen) atoms. The second kappa shape index (κ2) is 7.88. The maximum Gasteiger partial charge on any atom is 0.223 e. The fraction of sp³-hybridized carbons (Fsp3) is 0.429. The number of aliphatic hydroxyl groups is 1. The average molecular weight is 424 g/mol. The van der Waals surface area contributed by atoms with Gasteiger partial charge in [-0.15, -0.1) is 0 Å². The van der Waals surface area contributed by atoms with Gasteiger partial charge in [-0.05, 0) is 51.8 Å². The number of aromatic nitrogens is 1. The summed E-state index contributed by atoms with van der Waals surface area (Å²) in [4.78, 5) is 17.2. The fourth-order valence-corrected chi connectivity index (χ4v) is 3.53. The number of halogens is 3. The zero-order valence-corrected chi connectivity index (χ0v) is 17.3. The summed E-state index contributed by atoms with van der Waals surface area (Å²) < 4.78 is 27.2. The molecular weight excluding hydrogens is 400 g/mol. The van der Waals surface area contributed by atoms with Gasteiger partial charge < -0.3 is 15.7 Å². The van der Waals surface area contributed by atoms with Crippen LogP contribution >= 0.6 is 11.6 Å². The van der Waals surface area contributed by atoms with E-state index in [1.807, 2.05) is 13.8 Å². The Morgan fingerprint density at radius 1 is 1.31 bits per heavy atom. The van der Waals surface area contributed by atoms with Gasteiger partial charge >= 0.3 is 0 Å². The first-order valence-corrected chi connectivity index (χ1v) is 9.82. The molecule has 8 heteroatoms. The van der Waals surface area contributed by atoms with Crippen LogP contribution in [0.2, 0.25) is 5.02 Å². The Morgan fingerprint density at radius 3 is 2.59 bits per heavy atom. The lowest BCUT2D eigenvalue weighted by molar-refractivity contribution is -0.127. The molecule has 0 radical (unpaired) electrons. The minimum Gasteiger partial charge on any atom is -0.385 e. The number of benzene rings is 1. The van der Waals surface area contributed by atoms with E-state index in [2.05, 4.69) is 15.6 Å². The Morgan fingerprint density at radius 2 is 2.00 bits per heavy atom. The van der Waals surface area contributed by atoms with Crippen molar-refractivity contribution in [2.75, 3.05) is 5.32 Å². The summed E-state index contributed by atoms with van der Waals surface area (Å²) in [6.07, 6.45) is 0.982. The van der Waals surface area contributed by atoms with Crippen LogP contribution in [0, 0.1) is 11.6 Å². The molecule has 0 aliphatic heterocycles. The summed E-state index contributed by atoms with van der Waals surface area (Å²) >= 11 is 6.22. The Bertz CT molecular complexity index is 930. The lowest BCUT2D eigenvalue weighted by atomic mass is 9.91. The summed E-state index contributed by atoms with van der Waals surface area (Å²) in [7, 11) is 0. The number of hydrogen-bond acceptors (Lipinski definition) is 4. The van der Waals surface area contributed by atoms with Crippen LogP contribution < -0.4 is 10.6 Å². The second-order valence-electron chi connectivity index (χ2n) is 8.06. The predicted molar refractivity (Wildman–Crippen MR) is 108 cm³/mol. The van der Waals surface area contributed by atoms with Crippen molar-refractivity contribution in [3.05, 3.63) is 58.2 Å². The summed E-state index contributed by atoms with van der Waals surface area (Å²) in [5.74, 6) is -1.49. The lowest BCUT2D eigenvalue weighted by Gasteiger charge is -2.26. The van der Waals surface area contributed by atoms with Crippen LogP contribution in [0.5, 0.6) is 0 Å². The van der Waals surface area contributed by atoms with E-state index >= 15 is 0 Å². The third-order valence-electron chi connectivity index (χ3n) is 4.86. The van der Waals surface area contributed by atoms with Crippen molar-refractivity contribution < 1.29 is 18.7 Å². The normalized spacial score (nSPS) is 17.0. The molecule has 1 aromatic carbocycles. The number of rotatable bonds is 7. The molecular formula is C21H24ClF2N3O2. The summed E-state index contributed by atoms with van der Waals surface area (Å²) in [6, 6.07) is 6.46. The van der Waals surface area contributed by atoms with Gasteiger partial charge in [0.05, 0.1) is 23.3 Å². The molecule has 0 saturated heterocycles. The van der Waals surface area contributed by atoms with E-state index in [0.717, 1.165) is 12.1 Å². The van der Waals surface area contributed by atoms with Crippen LogP contribution in [-0.2, 0) is 15.9 Å². The van der Waals surface area contributed by atoms with Gasteiger partial charge in [0.25, 0.3) is 0 Å². The molecule has 1 amide bonds. The topological polar surface area (TPSA) is 74.2 Å². The van der Waals surface area contributed by atoms with Crippen molar-refractivity contribution in [1.29, 1.82) is 0 Å². The third kappa shape index (κ3) is 5.03. The molecule has 1 heterocycles. The fourth-order valence-electron chi connectivity index (χ4n) is 3.33. The van der Waals surface area contributed by atoms with Gasteiger partial charge in [0.15, 0.2) is 0 Å². The van der Waals surface area contributed by atoms with Crippen molar-refractivity contribution in [2.24, 2.45) is 0 Å². The number of carbonyl (C=O) groups is 1. The van der Waals surface area contributed by atoms with Crippen LogP contribution in [0.3, 0.4) is 0 Å². The Hall–Kier alpha value is -2.25. The van der Waals surface area contributed by atoms with Gasteiger partial charge in [-0.2, -0.15) is 0 Å². The molecule has 0 unspecified atom stereocenters.